The lowest BCUT2D eigenvalue weighted by atomic mass is 10.1. The van der Waals surface area contributed by atoms with Gasteiger partial charge in [0.1, 0.15) is 11.8 Å². The number of phenols is 1. The summed E-state index contributed by atoms with van der Waals surface area (Å²) in [4.78, 5) is 34.6. The van der Waals surface area contributed by atoms with Crippen molar-refractivity contribution in [3.05, 3.63) is 54.1 Å². The fourth-order valence-corrected chi connectivity index (χ4v) is 4.76. The van der Waals surface area contributed by atoms with Gasteiger partial charge in [0.05, 0.1) is 17.0 Å². The first-order valence-electron chi connectivity index (χ1n) is 10.9. The molecule has 6 N–H and O–H groups in total. The van der Waals surface area contributed by atoms with E-state index in [1.807, 2.05) is 19.2 Å². The fraction of sp³-hybridized carbons (Fsp3) is 0.348. The monoisotopic (exact) mass is 506 g/mol. The highest BCUT2D eigenvalue weighted by Gasteiger charge is 2.28. The van der Waals surface area contributed by atoms with Crippen LogP contribution in [0.15, 0.2) is 53.4 Å². The number of benzene rings is 2. The molecule has 0 radical (unpaired) electrons. The molecule has 190 valence electrons. The molecule has 3 amide bonds. The number of amides is 3. The summed E-state index contributed by atoms with van der Waals surface area (Å²) >= 11 is 0. The molecule has 12 heteroatoms. The molecular weight excluding hydrogens is 476 g/mol. The normalized spacial score (nSPS) is 12.1. The van der Waals surface area contributed by atoms with Crippen LogP contribution in [-0.2, 0) is 26.2 Å². The maximum absolute atomic E-state index is 13.4. The zero-order chi connectivity index (χ0) is 26.2. The van der Waals surface area contributed by atoms with Crippen LogP contribution in [0.3, 0.4) is 0 Å². The predicted octanol–water partition coefficient (Wildman–Crippen LogP) is 1.76. The van der Waals surface area contributed by atoms with E-state index in [9.17, 15) is 27.9 Å². The van der Waals surface area contributed by atoms with Gasteiger partial charge in [-0.1, -0.05) is 44.2 Å². The Morgan fingerprint density at radius 2 is 1.71 bits per heavy atom. The second kappa shape index (κ2) is 12.1. The number of hydrogen-bond donors (Lipinski definition) is 5. The quantitative estimate of drug-likeness (QED) is 0.291. The van der Waals surface area contributed by atoms with E-state index in [4.69, 9.17) is 10.8 Å². The number of hydrogen-bond acceptors (Lipinski definition) is 6. The number of aromatic hydroxyl groups is 1. The smallest absolute Gasteiger partial charge is 0.405 e. The molecule has 0 aliphatic rings. The van der Waals surface area contributed by atoms with Crippen molar-refractivity contribution in [1.29, 1.82) is 0 Å². The number of para-hydroxylation sites is 1. The van der Waals surface area contributed by atoms with Gasteiger partial charge in [0.15, 0.2) is 0 Å². The van der Waals surface area contributed by atoms with Gasteiger partial charge < -0.3 is 26.6 Å². The summed E-state index contributed by atoms with van der Waals surface area (Å²) < 4.78 is 27.9. The van der Waals surface area contributed by atoms with Crippen LogP contribution in [0.4, 0.5) is 10.5 Å². The summed E-state index contributed by atoms with van der Waals surface area (Å²) in [6.45, 7) is 3.76. The lowest BCUT2D eigenvalue weighted by Gasteiger charge is -2.27. The largest absolute Gasteiger partial charge is 0.505 e. The predicted molar refractivity (Wildman–Crippen MR) is 129 cm³/mol. The Labute approximate surface area is 204 Å². The molecule has 2 aromatic rings. The Morgan fingerprint density at radius 1 is 1.06 bits per heavy atom. The second-order valence-electron chi connectivity index (χ2n) is 8.25. The van der Waals surface area contributed by atoms with Crippen LogP contribution in [0.2, 0.25) is 0 Å². The average Bonchev–Trinajstić information content (AvgIpc) is 2.78. The molecule has 0 saturated heterocycles. The third-order valence-electron chi connectivity index (χ3n) is 5.08. The van der Waals surface area contributed by atoms with Crippen molar-refractivity contribution in [2.45, 2.75) is 44.2 Å². The van der Waals surface area contributed by atoms with Gasteiger partial charge in [-0.3, -0.25) is 13.9 Å². The van der Waals surface area contributed by atoms with Crippen molar-refractivity contribution in [1.82, 2.24) is 10.6 Å². The fourth-order valence-electron chi connectivity index (χ4n) is 3.25. The van der Waals surface area contributed by atoms with Crippen LogP contribution < -0.4 is 20.7 Å². The summed E-state index contributed by atoms with van der Waals surface area (Å²) in [7, 11) is -4.00. The molecule has 0 unspecified atom stereocenters. The molecule has 0 aromatic heterocycles. The number of carbonyl (C=O) groups excluding carboxylic acids is 2. The Morgan fingerprint density at radius 3 is 2.29 bits per heavy atom. The Balaban J connectivity index is 2.35. The van der Waals surface area contributed by atoms with Gasteiger partial charge in [-0.15, -0.1) is 0 Å². The highest BCUT2D eigenvalue weighted by molar-refractivity contribution is 7.92. The van der Waals surface area contributed by atoms with Crippen LogP contribution >= 0.6 is 0 Å². The molecule has 35 heavy (non-hydrogen) atoms. The Kier molecular flexibility index (Phi) is 9.46. The van der Waals surface area contributed by atoms with Crippen molar-refractivity contribution in [3.8, 4) is 5.75 Å². The first-order valence-corrected chi connectivity index (χ1v) is 12.3. The zero-order valence-electron chi connectivity index (χ0n) is 19.5. The number of rotatable bonds is 12. The number of anilines is 1. The van der Waals surface area contributed by atoms with Gasteiger partial charge in [0.25, 0.3) is 10.0 Å². The van der Waals surface area contributed by atoms with Gasteiger partial charge in [-0.2, -0.15) is 0 Å². The average molecular weight is 507 g/mol. The number of sulfonamides is 1. The molecule has 0 bridgehead atoms. The molecule has 0 heterocycles. The van der Waals surface area contributed by atoms with Gasteiger partial charge >= 0.3 is 6.09 Å². The van der Waals surface area contributed by atoms with E-state index in [2.05, 4.69) is 5.32 Å². The second-order valence-corrected chi connectivity index (χ2v) is 10.1. The summed E-state index contributed by atoms with van der Waals surface area (Å²) in [5, 5.41) is 24.2. The minimum atomic E-state index is -4.00. The summed E-state index contributed by atoms with van der Waals surface area (Å²) in [5.74, 6) is -1.87. The first kappa shape index (κ1) is 27.4. The van der Waals surface area contributed by atoms with E-state index in [0.29, 0.717) is 6.42 Å². The van der Waals surface area contributed by atoms with E-state index >= 15 is 0 Å². The van der Waals surface area contributed by atoms with Crippen LogP contribution in [-0.4, -0.2) is 49.1 Å². The molecule has 0 fully saturated rings. The highest BCUT2D eigenvalue weighted by Crippen LogP contribution is 2.35. The molecular formula is C23H30N4O7S. The number of nitrogens with two attached hydrogens (primary N) is 1. The lowest BCUT2D eigenvalue weighted by Crippen LogP contribution is -2.48. The van der Waals surface area contributed by atoms with Crippen molar-refractivity contribution < 1.29 is 33.0 Å². The topological polar surface area (TPSA) is 179 Å². The van der Waals surface area contributed by atoms with E-state index < -0.39 is 40.4 Å². The van der Waals surface area contributed by atoms with Crippen LogP contribution in [0.1, 0.15) is 32.3 Å². The van der Waals surface area contributed by atoms with E-state index in [0.717, 1.165) is 4.31 Å². The summed E-state index contributed by atoms with van der Waals surface area (Å²) in [5.41, 5.74) is 5.31. The van der Waals surface area contributed by atoms with Gasteiger partial charge in [0.2, 0.25) is 11.8 Å². The number of primary amides is 1. The standard InChI is InChI=1S/C23H30N4O7S/c1-15(2)11-12-27(35(33,34)17-8-4-3-5-9-17)19-10-6-7-16(21(19)29)14-25-22(30)18(13-20(24)28)26-23(31)32/h3-10,15,18,26,29H,11-14H2,1-2H3,(H2,24,28)(H,25,30)(H,31,32)/t18-/m0/s1. The van der Waals surface area contributed by atoms with Crippen LogP contribution in [0.25, 0.3) is 0 Å². The SMILES string of the molecule is CC(C)CCN(c1cccc(CNC(=O)[C@H](CC(N)=O)NC(=O)O)c1O)S(=O)(=O)c1ccccc1. The van der Waals surface area contributed by atoms with E-state index in [1.165, 1.54) is 30.3 Å². The highest BCUT2D eigenvalue weighted by atomic mass is 32.2. The number of nitrogens with zero attached hydrogens (tertiary/aromatic N) is 1. The van der Waals surface area contributed by atoms with Crippen LogP contribution in [0.5, 0.6) is 5.75 Å². The minimum Gasteiger partial charge on any atom is -0.505 e. The summed E-state index contributed by atoms with van der Waals surface area (Å²) in [6, 6.07) is 10.9. The van der Waals surface area contributed by atoms with E-state index in [-0.39, 0.29) is 40.9 Å². The molecule has 11 nitrogen and oxygen atoms in total. The molecule has 0 aliphatic heterocycles. The van der Waals surface area contributed by atoms with Crippen LogP contribution in [0, 0.1) is 5.92 Å². The molecule has 2 rings (SSSR count). The Bertz CT molecular complexity index is 1140. The van der Waals surface area contributed by atoms with Crippen molar-refractivity contribution >= 4 is 33.6 Å². The van der Waals surface area contributed by atoms with Gasteiger partial charge in [-0.05, 0) is 30.5 Å². The number of nitrogens with one attached hydrogen (secondary N) is 2. The zero-order valence-corrected chi connectivity index (χ0v) is 20.3. The third-order valence-corrected chi connectivity index (χ3v) is 6.91. The number of carbonyl (C=O) groups is 3. The van der Waals surface area contributed by atoms with Crippen molar-refractivity contribution in [2.24, 2.45) is 11.7 Å². The molecule has 2 aromatic carbocycles. The summed E-state index contributed by atoms with van der Waals surface area (Å²) in [6.07, 6.45) is -1.53. The Hall–Kier alpha value is -3.80. The molecule has 1 atom stereocenters. The first-order chi connectivity index (χ1) is 16.4. The van der Waals surface area contributed by atoms with Crippen molar-refractivity contribution in [3.63, 3.8) is 0 Å². The minimum absolute atomic E-state index is 0.0404. The van der Waals surface area contributed by atoms with E-state index in [1.54, 1.807) is 18.2 Å². The lowest BCUT2D eigenvalue weighted by molar-refractivity contribution is -0.127. The number of phenolic OH excluding ortho intramolecular Hbond substituents is 1. The maximum atomic E-state index is 13.4. The third kappa shape index (κ3) is 7.60. The van der Waals surface area contributed by atoms with Gasteiger partial charge in [-0.25, -0.2) is 13.2 Å². The van der Waals surface area contributed by atoms with Crippen molar-refractivity contribution in [2.75, 3.05) is 10.8 Å². The molecule has 0 saturated carbocycles. The molecule has 0 aliphatic carbocycles. The molecule has 0 spiro atoms. The number of carboxylic acid groups (broad SMARTS) is 1. The maximum Gasteiger partial charge on any atom is 0.405 e. The van der Waals surface area contributed by atoms with Gasteiger partial charge in [0, 0.05) is 18.7 Å².